The summed E-state index contributed by atoms with van der Waals surface area (Å²) in [6, 6.07) is 5.45. The van der Waals surface area contributed by atoms with E-state index in [0.717, 1.165) is 19.3 Å². The van der Waals surface area contributed by atoms with Crippen molar-refractivity contribution in [2.75, 3.05) is 18.4 Å². The minimum atomic E-state index is -0.772. The van der Waals surface area contributed by atoms with Crippen molar-refractivity contribution in [3.05, 3.63) is 52.3 Å². The van der Waals surface area contributed by atoms with E-state index in [-0.39, 0.29) is 23.2 Å². The fraction of sp³-hybridized carbons (Fsp3) is 0.400. The standard InChI is InChI=1S/C20H24Cl2N4O4/c1-3-5-9-25(8-4-2)20(27)24-17-7-6-15(11-18(17)26(28)29)30-16-10-14(19(21)22)12-23-13-16/h6-7,10-13,19H,3-5,8-9H2,1-2H3,(H,24,27). The molecule has 0 saturated heterocycles. The number of benzene rings is 1. The summed E-state index contributed by atoms with van der Waals surface area (Å²) in [4.78, 5) is 28.4. The highest BCUT2D eigenvalue weighted by Crippen LogP contribution is 2.33. The second-order valence-corrected chi connectivity index (χ2v) is 7.66. The molecule has 1 aromatic carbocycles. The summed E-state index contributed by atoms with van der Waals surface area (Å²) in [6.45, 7) is 5.18. The van der Waals surface area contributed by atoms with Gasteiger partial charge in [-0.15, -0.1) is 0 Å². The first-order valence-corrected chi connectivity index (χ1v) is 10.5. The SMILES string of the molecule is CCCCN(CCC)C(=O)Nc1ccc(Oc2cncc(C(Cl)Cl)c2)cc1[N+](=O)[O-]. The molecule has 1 heterocycles. The van der Waals surface area contributed by atoms with E-state index in [2.05, 4.69) is 10.3 Å². The van der Waals surface area contributed by atoms with Crippen molar-refractivity contribution in [2.24, 2.45) is 0 Å². The molecule has 1 N–H and O–H groups in total. The van der Waals surface area contributed by atoms with Crippen molar-refractivity contribution in [2.45, 2.75) is 37.9 Å². The molecule has 2 amide bonds. The summed E-state index contributed by atoms with van der Waals surface area (Å²) in [7, 11) is 0. The van der Waals surface area contributed by atoms with Gasteiger partial charge >= 0.3 is 6.03 Å². The first-order chi connectivity index (χ1) is 14.3. The Morgan fingerprint density at radius 3 is 2.60 bits per heavy atom. The van der Waals surface area contributed by atoms with Gasteiger partial charge in [0.05, 0.1) is 17.2 Å². The van der Waals surface area contributed by atoms with Crippen LogP contribution in [0.4, 0.5) is 16.2 Å². The van der Waals surface area contributed by atoms with E-state index in [1.807, 2.05) is 13.8 Å². The molecule has 162 valence electrons. The van der Waals surface area contributed by atoms with Crippen LogP contribution in [0.2, 0.25) is 0 Å². The van der Waals surface area contributed by atoms with Crippen LogP contribution in [0.15, 0.2) is 36.7 Å². The number of amides is 2. The van der Waals surface area contributed by atoms with Crippen molar-refractivity contribution in [3.8, 4) is 11.5 Å². The number of carbonyl (C=O) groups is 1. The van der Waals surface area contributed by atoms with Crippen LogP contribution in [-0.4, -0.2) is 33.9 Å². The van der Waals surface area contributed by atoms with Gasteiger partial charge in [0, 0.05) is 24.8 Å². The molecule has 2 aromatic rings. The lowest BCUT2D eigenvalue weighted by atomic mass is 10.2. The van der Waals surface area contributed by atoms with E-state index < -0.39 is 9.76 Å². The summed E-state index contributed by atoms with van der Waals surface area (Å²) in [5, 5.41) is 14.2. The van der Waals surface area contributed by atoms with Gasteiger partial charge in [-0.3, -0.25) is 15.1 Å². The van der Waals surface area contributed by atoms with Gasteiger partial charge < -0.3 is 15.0 Å². The number of carbonyl (C=O) groups excluding carboxylic acids is 1. The average Bonchev–Trinajstić information content (AvgIpc) is 2.72. The van der Waals surface area contributed by atoms with E-state index in [1.54, 1.807) is 11.0 Å². The number of rotatable bonds is 10. The summed E-state index contributed by atoms with van der Waals surface area (Å²) in [6.07, 6.45) is 5.55. The zero-order chi connectivity index (χ0) is 22.1. The van der Waals surface area contributed by atoms with E-state index in [4.69, 9.17) is 27.9 Å². The van der Waals surface area contributed by atoms with Crippen LogP contribution < -0.4 is 10.1 Å². The second-order valence-electron chi connectivity index (χ2n) is 6.56. The lowest BCUT2D eigenvalue weighted by Crippen LogP contribution is -2.36. The van der Waals surface area contributed by atoms with Gasteiger partial charge in [0.2, 0.25) is 0 Å². The number of anilines is 1. The van der Waals surface area contributed by atoms with Crippen LogP contribution in [0, 0.1) is 10.1 Å². The number of nitro groups is 1. The zero-order valence-corrected chi connectivity index (χ0v) is 18.3. The Bertz CT molecular complexity index is 880. The third kappa shape index (κ3) is 6.74. The average molecular weight is 455 g/mol. The number of pyridine rings is 1. The van der Waals surface area contributed by atoms with Crippen LogP contribution in [0.5, 0.6) is 11.5 Å². The van der Waals surface area contributed by atoms with Crippen LogP contribution in [-0.2, 0) is 0 Å². The number of hydrogen-bond acceptors (Lipinski definition) is 5. The number of nitro benzene ring substituents is 1. The molecule has 8 nitrogen and oxygen atoms in total. The van der Waals surface area contributed by atoms with Gasteiger partial charge in [0.15, 0.2) is 0 Å². The van der Waals surface area contributed by atoms with Crippen molar-refractivity contribution in [1.82, 2.24) is 9.88 Å². The number of urea groups is 1. The molecule has 0 saturated carbocycles. The predicted molar refractivity (Wildman–Crippen MR) is 118 cm³/mol. The number of ether oxygens (including phenoxy) is 1. The maximum atomic E-state index is 12.6. The van der Waals surface area contributed by atoms with E-state index in [1.165, 1.54) is 30.6 Å². The molecule has 0 bridgehead atoms. The number of alkyl halides is 2. The first-order valence-electron chi connectivity index (χ1n) is 9.61. The zero-order valence-electron chi connectivity index (χ0n) is 16.8. The lowest BCUT2D eigenvalue weighted by Gasteiger charge is -2.22. The van der Waals surface area contributed by atoms with E-state index >= 15 is 0 Å². The molecule has 0 aliphatic rings. The Hall–Kier alpha value is -2.58. The van der Waals surface area contributed by atoms with Gasteiger partial charge in [-0.05, 0) is 31.0 Å². The van der Waals surface area contributed by atoms with Crippen molar-refractivity contribution < 1.29 is 14.5 Å². The fourth-order valence-corrected chi connectivity index (χ4v) is 2.95. The number of aromatic nitrogens is 1. The Labute approximate surface area is 185 Å². The van der Waals surface area contributed by atoms with Crippen molar-refractivity contribution in [1.29, 1.82) is 0 Å². The molecule has 30 heavy (non-hydrogen) atoms. The number of nitrogens with one attached hydrogen (secondary N) is 1. The highest BCUT2D eigenvalue weighted by atomic mass is 35.5. The minimum absolute atomic E-state index is 0.100. The fourth-order valence-electron chi connectivity index (χ4n) is 2.71. The van der Waals surface area contributed by atoms with Crippen LogP contribution in [0.1, 0.15) is 43.5 Å². The van der Waals surface area contributed by atoms with Gasteiger partial charge in [0.1, 0.15) is 22.0 Å². The molecule has 10 heteroatoms. The van der Waals surface area contributed by atoms with Crippen LogP contribution in [0.3, 0.4) is 0 Å². The number of nitrogens with zero attached hydrogens (tertiary/aromatic N) is 3. The Morgan fingerprint density at radius 2 is 1.97 bits per heavy atom. The molecule has 1 aromatic heterocycles. The maximum Gasteiger partial charge on any atom is 0.322 e. The third-order valence-electron chi connectivity index (χ3n) is 4.19. The summed E-state index contributed by atoms with van der Waals surface area (Å²) >= 11 is 11.7. The van der Waals surface area contributed by atoms with Gasteiger partial charge in [-0.1, -0.05) is 43.5 Å². The van der Waals surface area contributed by atoms with Gasteiger partial charge in [-0.2, -0.15) is 0 Å². The topological polar surface area (TPSA) is 97.6 Å². The van der Waals surface area contributed by atoms with E-state index in [9.17, 15) is 14.9 Å². The molecule has 0 fully saturated rings. The van der Waals surface area contributed by atoms with Crippen molar-refractivity contribution in [3.63, 3.8) is 0 Å². The summed E-state index contributed by atoms with van der Waals surface area (Å²) in [5.74, 6) is 0.550. The number of unbranched alkanes of at least 4 members (excludes halogenated alkanes) is 1. The first kappa shape index (κ1) is 23.7. The monoisotopic (exact) mass is 454 g/mol. The summed E-state index contributed by atoms with van der Waals surface area (Å²) in [5.41, 5.74) is 0.366. The molecule has 0 spiro atoms. The minimum Gasteiger partial charge on any atom is -0.455 e. The highest BCUT2D eigenvalue weighted by Gasteiger charge is 2.20. The largest absolute Gasteiger partial charge is 0.455 e. The number of hydrogen-bond donors (Lipinski definition) is 1. The molecule has 0 radical (unpaired) electrons. The Kier molecular flexibility index (Phi) is 9.14. The summed E-state index contributed by atoms with van der Waals surface area (Å²) < 4.78 is 5.65. The third-order valence-corrected chi connectivity index (χ3v) is 4.70. The second kappa shape index (κ2) is 11.6. The molecular weight excluding hydrogens is 431 g/mol. The molecular formula is C20H24Cl2N4O4. The van der Waals surface area contributed by atoms with Gasteiger partial charge in [-0.25, -0.2) is 4.79 Å². The van der Waals surface area contributed by atoms with Crippen LogP contribution >= 0.6 is 23.2 Å². The number of halogens is 2. The maximum absolute atomic E-state index is 12.6. The lowest BCUT2D eigenvalue weighted by molar-refractivity contribution is -0.384. The van der Waals surface area contributed by atoms with Gasteiger partial charge in [0.25, 0.3) is 5.69 Å². The molecule has 0 aliphatic carbocycles. The molecule has 0 atom stereocenters. The van der Waals surface area contributed by atoms with Crippen LogP contribution in [0.25, 0.3) is 0 Å². The molecule has 0 aliphatic heterocycles. The normalized spacial score (nSPS) is 10.7. The highest BCUT2D eigenvalue weighted by molar-refractivity contribution is 6.44. The molecule has 0 unspecified atom stereocenters. The quantitative estimate of drug-likeness (QED) is 0.258. The Balaban J connectivity index is 2.21. The predicted octanol–water partition coefficient (Wildman–Crippen LogP) is 6.30. The smallest absolute Gasteiger partial charge is 0.322 e. The van der Waals surface area contributed by atoms with Crippen molar-refractivity contribution >= 4 is 40.6 Å². The van der Waals surface area contributed by atoms with E-state index in [0.29, 0.717) is 24.4 Å². The Morgan fingerprint density at radius 1 is 1.20 bits per heavy atom. The molecule has 2 rings (SSSR count).